The van der Waals surface area contributed by atoms with Gasteiger partial charge in [-0.15, -0.1) is 0 Å². The number of carbonyl (C=O) groups is 1. The SMILES string of the molecule is C=N/C(=C\N(C)N(C)C(=O)/C=C\C)C(C)C. The van der Waals surface area contributed by atoms with Crippen molar-refractivity contribution >= 4 is 12.6 Å². The molecule has 0 aliphatic heterocycles. The molecular formula is C12H21N3O. The quantitative estimate of drug-likeness (QED) is 0.406. The summed E-state index contributed by atoms with van der Waals surface area (Å²) >= 11 is 0. The molecule has 0 radical (unpaired) electrons. The number of carbonyl (C=O) groups excluding carboxylic acids is 1. The van der Waals surface area contributed by atoms with E-state index >= 15 is 0 Å². The molecule has 0 spiro atoms. The van der Waals surface area contributed by atoms with E-state index in [1.807, 2.05) is 20.8 Å². The molecule has 0 aromatic rings. The fourth-order valence-corrected chi connectivity index (χ4v) is 1.06. The molecule has 4 heteroatoms. The van der Waals surface area contributed by atoms with Crippen LogP contribution in [0.15, 0.2) is 29.0 Å². The molecule has 0 saturated carbocycles. The van der Waals surface area contributed by atoms with Gasteiger partial charge in [0.25, 0.3) is 5.91 Å². The number of aliphatic imine (C=N–C) groups is 1. The molecule has 0 aliphatic rings. The minimum absolute atomic E-state index is 0.0755. The summed E-state index contributed by atoms with van der Waals surface area (Å²) in [7, 11) is 3.51. The molecule has 0 unspecified atom stereocenters. The van der Waals surface area contributed by atoms with Crippen molar-refractivity contribution < 1.29 is 4.79 Å². The van der Waals surface area contributed by atoms with E-state index in [0.29, 0.717) is 0 Å². The third-order valence-corrected chi connectivity index (χ3v) is 2.19. The van der Waals surface area contributed by atoms with Crippen LogP contribution in [-0.2, 0) is 4.79 Å². The average Bonchev–Trinajstić information content (AvgIpc) is 2.24. The van der Waals surface area contributed by atoms with Crippen molar-refractivity contribution in [1.29, 1.82) is 0 Å². The Labute approximate surface area is 97.9 Å². The van der Waals surface area contributed by atoms with Crippen LogP contribution in [0.4, 0.5) is 0 Å². The molecule has 0 bridgehead atoms. The third kappa shape index (κ3) is 4.29. The average molecular weight is 223 g/mol. The highest BCUT2D eigenvalue weighted by Crippen LogP contribution is 2.11. The Balaban J connectivity index is 4.73. The first-order valence-corrected chi connectivity index (χ1v) is 5.25. The molecule has 0 heterocycles. The van der Waals surface area contributed by atoms with Crippen LogP contribution < -0.4 is 0 Å². The number of nitrogens with zero attached hydrogens (tertiary/aromatic N) is 3. The molecule has 0 saturated heterocycles. The summed E-state index contributed by atoms with van der Waals surface area (Å²) in [5.74, 6) is 0.207. The monoisotopic (exact) mass is 223 g/mol. The maximum atomic E-state index is 11.5. The van der Waals surface area contributed by atoms with Crippen LogP contribution in [0, 0.1) is 5.92 Å². The molecule has 0 fully saturated rings. The summed E-state index contributed by atoms with van der Waals surface area (Å²) in [6.07, 6.45) is 5.03. The van der Waals surface area contributed by atoms with E-state index in [4.69, 9.17) is 0 Å². The van der Waals surface area contributed by atoms with Crippen molar-refractivity contribution in [2.24, 2.45) is 10.9 Å². The normalized spacial score (nSPS) is 12.0. The topological polar surface area (TPSA) is 35.9 Å². The maximum Gasteiger partial charge on any atom is 0.264 e. The first-order valence-electron chi connectivity index (χ1n) is 5.25. The minimum Gasteiger partial charge on any atom is -0.292 e. The van der Waals surface area contributed by atoms with E-state index in [2.05, 4.69) is 11.7 Å². The van der Waals surface area contributed by atoms with Crippen molar-refractivity contribution in [1.82, 2.24) is 10.0 Å². The van der Waals surface area contributed by atoms with Crippen molar-refractivity contribution in [3.8, 4) is 0 Å². The number of likely N-dealkylation sites (N-methyl/N-ethyl adjacent to an activating group) is 1. The van der Waals surface area contributed by atoms with Crippen molar-refractivity contribution in [3.05, 3.63) is 24.0 Å². The predicted molar refractivity (Wildman–Crippen MR) is 67.8 cm³/mol. The van der Waals surface area contributed by atoms with Crippen LogP contribution in [-0.4, -0.2) is 36.7 Å². The van der Waals surface area contributed by atoms with Crippen molar-refractivity contribution in [2.75, 3.05) is 14.1 Å². The highest BCUT2D eigenvalue weighted by atomic mass is 16.2. The van der Waals surface area contributed by atoms with E-state index < -0.39 is 0 Å². The van der Waals surface area contributed by atoms with Gasteiger partial charge in [-0.1, -0.05) is 19.9 Å². The predicted octanol–water partition coefficient (Wildman–Crippen LogP) is 2.07. The summed E-state index contributed by atoms with van der Waals surface area (Å²) in [6, 6.07) is 0. The zero-order valence-corrected chi connectivity index (χ0v) is 10.8. The highest BCUT2D eigenvalue weighted by molar-refractivity contribution is 5.86. The Bertz CT molecular complexity index is 305. The second kappa shape index (κ2) is 6.82. The molecule has 0 aromatic heterocycles. The lowest BCUT2D eigenvalue weighted by molar-refractivity contribution is -0.134. The van der Waals surface area contributed by atoms with Crippen LogP contribution in [0.2, 0.25) is 0 Å². The molecule has 0 rings (SSSR count). The van der Waals surface area contributed by atoms with Crippen LogP contribution in [0.3, 0.4) is 0 Å². The molecule has 1 amide bonds. The number of rotatable bonds is 5. The third-order valence-electron chi connectivity index (χ3n) is 2.19. The van der Waals surface area contributed by atoms with Gasteiger partial charge in [0, 0.05) is 26.4 Å². The lowest BCUT2D eigenvalue weighted by Gasteiger charge is -2.26. The smallest absolute Gasteiger partial charge is 0.264 e. The molecule has 0 aromatic carbocycles. The van der Waals surface area contributed by atoms with Crippen LogP contribution >= 0.6 is 0 Å². The molecule has 4 nitrogen and oxygen atoms in total. The summed E-state index contributed by atoms with van der Waals surface area (Å²) < 4.78 is 0. The molecular weight excluding hydrogens is 202 g/mol. The standard InChI is InChI=1S/C12H21N3O/c1-7-8-12(16)15(6)14(5)9-11(13-4)10(2)3/h7-10H,4H2,1-3,5-6H3/b8-7-,11-9-. The molecule has 90 valence electrons. The van der Waals surface area contributed by atoms with Crippen LogP contribution in [0.1, 0.15) is 20.8 Å². The number of hydrogen-bond acceptors (Lipinski definition) is 3. The summed E-state index contributed by atoms with van der Waals surface area (Å²) in [6.45, 7) is 9.39. The first-order chi connectivity index (χ1) is 7.43. The maximum absolute atomic E-state index is 11.5. The summed E-state index contributed by atoms with van der Waals surface area (Å²) in [5.41, 5.74) is 0.850. The van der Waals surface area contributed by atoms with Crippen molar-refractivity contribution in [2.45, 2.75) is 20.8 Å². The number of allylic oxidation sites excluding steroid dienone is 2. The van der Waals surface area contributed by atoms with Gasteiger partial charge in [-0.25, -0.2) is 0 Å². The Morgan fingerprint density at radius 1 is 1.38 bits per heavy atom. The van der Waals surface area contributed by atoms with Gasteiger partial charge < -0.3 is 0 Å². The van der Waals surface area contributed by atoms with E-state index in [0.717, 1.165) is 5.70 Å². The second-order valence-corrected chi connectivity index (χ2v) is 3.80. The van der Waals surface area contributed by atoms with E-state index in [1.54, 1.807) is 31.4 Å². The van der Waals surface area contributed by atoms with E-state index in [1.165, 1.54) is 11.1 Å². The Hall–Kier alpha value is -1.58. The van der Waals surface area contributed by atoms with Gasteiger partial charge in [-0.05, 0) is 19.6 Å². The molecule has 0 N–H and O–H groups in total. The van der Waals surface area contributed by atoms with E-state index in [-0.39, 0.29) is 11.8 Å². The van der Waals surface area contributed by atoms with Gasteiger partial charge in [0.2, 0.25) is 0 Å². The van der Waals surface area contributed by atoms with E-state index in [9.17, 15) is 4.79 Å². The van der Waals surface area contributed by atoms with Gasteiger partial charge in [0.15, 0.2) is 0 Å². The minimum atomic E-state index is -0.0755. The fraction of sp³-hybridized carbons (Fsp3) is 0.500. The lowest BCUT2D eigenvalue weighted by Crippen LogP contribution is -2.37. The number of hydrazine groups is 1. The Kier molecular flexibility index (Phi) is 6.15. The Morgan fingerprint density at radius 3 is 2.31 bits per heavy atom. The Morgan fingerprint density at radius 2 is 1.94 bits per heavy atom. The number of hydrogen-bond donors (Lipinski definition) is 0. The second-order valence-electron chi connectivity index (χ2n) is 3.80. The van der Waals surface area contributed by atoms with Gasteiger partial charge >= 0.3 is 0 Å². The highest BCUT2D eigenvalue weighted by Gasteiger charge is 2.09. The van der Waals surface area contributed by atoms with Gasteiger partial charge in [0.1, 0.15) is 0 Å². The van der Waals surface area contributed by atoms with Crippen molar-refractivity contribution in [3.63, 3.8) is 0 Å². The van der Waals surface area contributed by atoms with Crippen LogP contribution in [0.5, 0.6) is 0 Å². The fourth-order valence-electron chi connectivity index (χ4n) is 1.06. The van der Waals surface area contributed by atoms with Gasteiger partial charge in [-0.2, -0.15) is 0 Å². The zero-order chi connectivity index (χ0) is 12.7. The van der Waals surface area contributed by atoms with Gasteiger partial charge in [0.05, 0.1) is 5.70 Å². The molecule has 0 aliphatic carbocycles. The lowest BCUT2D eigenvalue weighted by atomic mass is 10.1. The molecule has 0 atom stereocenters. The first kappa shape index (κ1) is 14.4. The molecule has 16 heavy (non-hydrogen) atoms. The van der Waals surface area contributed by atoms with Gasteiger partial charge in [-0.3, -0.25) is 19.8 Å². The summed E-state index contributed by atoms with van der Waals surface area (Å²) in [5, 5.41) is 3.21. The summed E-state index contributed by atoms with van der Waals surface area (Å²) in [4.78, 5) is 15.5. The van der Waals surface area contributed by atoms with Crippen LogP contribution in [0.25, 0.3) is 0 Å². The number of amides is 1. The largest absolute Gasteiger partial charge is 0.292 e. The zero-order valence-electron chi connectivity index (χ0n) is 10.8.